The Kier molecular flexibility index (Phi) is 6.53. The fraction of sp³-hybridized carbons (Fsp3) is 1.00. The summed E-state index contributed by atoms with van der Waals surface area (Å²) in [7, 11) is 0. The summed E-state index contributed by atoms with van der Waals surface area (Å²) in [6, 6.07) is 0. The van der Waals surface area contributed by atoms with Gasteiger partial charge in [-0.15, -0.1) is 0 Å². The normalized spacial score (nSPS) is 39.0. The fourth-order valence-corrected chi connectivity index (χ4v) is 1.63. The minimum absolute atomic E-state index is 0.468. The average molecular weight is 284 g/mol. The molecule has 9 heteroatoms. The highest BCUT2D eigenvalue weighted by atomic mass is 16.7. The fourth-order valence-electron chi connectivity index (χ4n) is 1.63. The van der Waals surface area contributed by atoms with Crippen LogP contribution in [0.15, 0.2) is 0 Å². The Morgan fingerprint density at radius 3 is 2.11 bits per heavy atom. The molecule has 1 heterocycles. The van der Waals surface area contributed by atoms with E-state index in [2.05, 4.69) is 0 Å². The number of hydrogen-bond acceptors (Lipinski definition) is 9. The van der Waals surface area contributed by atoms with Gasteiger partial charge in [-0.25, -0.2) is 0 Å². The lowest BCUT2D eigenvalue weighted by atomic mass is 9.99. The zero-order chi connectivity index (χ0) is 14.6. The molecule has 0 spiro atoms. The van der Waals surface area contributed by atoms with Gasteiger partial charge in [-0.3, -0.25) is 0 Å². The highest BCUT2D eigenvalue weighted by Gasteiger charge is 2.44. The first-order valence-electron chi connectivity index (χ1n) is 5.81. The van der Waals surface area contributed by atoms with E-state index in [0.29, 0.717) is 0 Å². The molecule has 0 aliphatic carbocycles. The Balaban J connectivity index is 2.52. The summed E-state index contributed by atoms with van der Waals surface area (Å²) in [5.41, 5.74) is 0. The van der Waals surface area contributed by atoms with Crippen molar-refractivity contribution in [2.45, 2.75) is 42.9 Å². The maximum Gasteiger partial charge on any atom is 0.186 e. The molecule has 0 bridgehead atoms. The molecule has 0 radical (unpaired) electrons. The molecular weight excluding hydrogens is 264 g/mol. The van der Waals surface area contributed by atoms with Crippen LogP contribution in [0.1, 0.15) is 0 Å². The SMILES string of the molecule is OCC1OC(OC[C@H](O)[C@H](O)CO)C(O)C(O)C1O. The number of rotatable bonds is 6. The Bertz CT molecular complexity index is 261. The Hall–Kier alpha value is -0.360. The topological polar surface area (TPSA) is 160 Å². The molecule has 7 N–H and O–H groups in total. The number of ether oxygens (including phenoxy) is 2. The van der Waals surface area contributed by atoms with Crippen LogP contribution in [0.25, 0.3) is 0 Å². The van der Waals surface area contributed by atoms with Crippen molar-refractivity contribution in [3.63, 3.8) is 0 Å². The first-order chi connectivity index (χ1) is 8.92. The van der Waals surface area contributed by atoms with E-state index in [0.717, 1.165) is 0 Å². The standard InChI is InChI=1S/C10H20O9/c11-1-4(13)5(14)3-18-10-9(17)8(16)7(15)6(2-12)19-10/h4-17H,1-3H2/t4-,5+,6?,7?,8?,9?,10?/m1/s1. The molecule has 9 nitrogen and oxygen atoms in total. The van der Waals surface area contributed by atoms with Crippen molar-refractivity contribution >= 4 is 0 Å². The molecule has 19 heavy (non-hydrogen) atoms. The Labute approximate surface area is 109 Å². The lowest BCUT2D eigenvalue weighted by molar-refractivity contribution is -0.306. The monoisotopic (exact) mass is 284 g/mol. The molecule has 1 aliphatic heterocycles. The quantitative estimate of drug-likeness (QED) is 0.255. The molecule has 0 amide bonds. The summed E-state index contributed by atoms with van der Waals surface area (Å²) in [5, 5.41) is 64.5. The average Bonchev–Trinajstić information content (AvgIpc) is 2.42. The van der Waals surface area contributed by atoms with Crippen LogP contribution in [-0.2, 0) is 9.47 Å². The zero-order valence-electron chi connectivity index (χ0n) is 10.1. The first-order valence-corrected chi connectivity index (χ1v) is 5.81. The molecule has 1 aliphatic rings. The molecule has 1 saturated heterocycles. The van der Waals surface area contributed by atoms with Gasteiger partial charge >= 0.3 is 0 Å². The van der Waals surface area contributed by atoms with Crippen molar-refractivity contribution < 1.29 is 45.2 Å². The highest BCUT2D eigenvalue weighted by Crippen LogP contribution is 2.22. The molecular formula is C10H20O9. The van der Waals surface area contributed by atoms with E-state index >= 15 is 0 Å². The molecule has 5 unspecified atom stereocenters. The smallest absolute Gasteiger partial charge is 0.186 e. The van der Waals surface area contributed by atoms with Crippen LogP contribution in [0.2, 0.25) is 0 Å². The van der Waals surface area contributed by atoms with E-state index in [1.165, 1.54) is 0 Å². The largest absolute Gasteiger partial charge is 0.394 e. The van der Waals surface area contributed by atoms with Crippen LogP contribution in [-0.4, -0.2) is 98.5 Å². The maximum absolute atomic E-state index is 9.59. The van der Waals surface area contributed by atoms with Crippen molar-refractivity contribution in [1.29, 1.82) is 0 Å². The molecule has 0 aromatic carbocycles. The van der Waals surface area contributed by atoms with Crippen LogP contribution in [0.4, 0.5) is 0 Å². The summed E-state index contributed by atoms with van der Waals surface area (Å²) < 4.78 is 9.96. The first kappa shape index (κ1) is 16.7. The van der Waals surface area contributed by atoms with Crippen molar-refractivity contribution in [2.24, 2.45) is 0 Å². The third kappa shape index (κ3) is 4.05. The van der Waals surface area contributed by atoms with Gasteiger partial charge in [0.2, 0.25) is 0 Å². The number of hydrogen-bond donors (Lipinski definition) is 7. The second-order valence-electron chi connectivity index (χ2n) is 4.35. The minimum Gasteiger partial charge on any atom is -0.394 e. The van der Waals surface area contributed by atoms with Crippen LogP contribution < -0.4 is 0 Å². The number of aliphatic hydroxyl groups excluding tert-OH is 7. The summed E-state index contributed by atoms with van der Waals surface area (Å²) in [4.78, 5) is 0. The lowest BCUT2D eigenvalue weighted by Gasteiger charge is -2.39. The minimum atomic E-state index is -1.57. The summed E-state index contributed by atoms with van der Waals surface area (Å²) in [5.74, 6) is 0. The van der Waals surface area contributed by atoms with Crippen LogP contribution in [0.3, 0.4) is 0 Å². The van der Waals surface area contributed by atoms with Gasteiger partial charge in [0.15, 0.2) is 6.29 Å². The maximum atomic E-state index is 9.59. The molecule has 0 saturated carbocycles. The van der Waals surface area contributed by atoms with E-state index in [1.807, 2.05) is 0 Å². The van der Waals surface area contributed by atoms with Gasteiger partial charge in [0.1, 0.15) is 36.6 Å². The lowest BCUT2D eigenvalue weighted by Crippen LogP contribution is -2.59. The third-order valence-electron chi connectivity index (χ3n) is 2.91. The molecule has 7 atom stereocenters. The molecule has 1 fully saturated rings. The van der Waals surface area contributed by atoms with E-state index in [1.54, 1.807) is 0 Å². The van der Waals surface area contributed by atoms with E-state index < -0.39 is 62.7 Å². The van der Waals surface area contributed by atoms with E-state index in [4.69, 9.17) is 24.8 Å². The Morgan fingerprint density at radius 2 is 1.58 bits per heavy atom. The van der Waals surface area contributed by atoms with Crippen LogP contribution in [0, 0.1) is 0 Å². The highest BCUT2D eigenvalue weighted by molar-refractivity contribution is 4.89. The second-order valence-corrected chi connectivity index (χ2v) is 4.35. The summed E-state index contributed by atoms with van der Waals surface area (Å²) >= 11 is 0. The van der Waals surface area contributed by atoms with Gasteiger partial charge in [-0.2, -0.15) is 0 Å². The van der Waals surface area contributed by atoms with Gasteiger partial charge in [0.25, 0.3) is 0 Å². The van der Waals surface area contributed by atoms with Gasteiger partial charge < -0.3 is 45.2 Å². The van der Waals surface area contributed by atoms with E-state index in [-0.39, 0.29) is 0 Å². The van der Waals surface area contributed by atoms with Crippen molar-refractivity contribution in [3.8, 4) is 0 Å². The van der Waals surface area contributed by atoms with Gasteiger partial charge in [0, 0.05) is 0 Å². The molecule has 0 aromatic heterocycles. The third-order valence-corrected chi connectivity index (χ3v) is 2.91. The second kappa shape index (κ2) is 7.43. The summed E-state index contributed by atoms with van der Waals surface area (Å²) in [6.45, 7) is -1.73. The summed E-state index contributed by atoms with van der Waals surface area (Å²) in [6.07, 6.45) is -9.94. The molecule has 114 valence electrons. The molecule has 1 rings (SSSR count). The Morgan fingerprint density at radius 1 is 0.947 bits per heavy atom. The van der Waals surface area contributed by atoms with Crippen molar-refractivity contribution in [2.75, 3.05) is 19.8 Å². The van der Waals surface area contributed by atoms with Crippen molar-refractivity contribution in [1.82, 2.24) is 0 Å². The van der Waals surface area contributed by atoms with Crippen LogP contribution >= 0.6 is 0 Å². The van der Waals surface area contributed by atoms with Gasteiger partial charge in [-0.05, 0) is 0 Å². The predicted octanol–water partition coefficient (Wildman–Crippen LogP) is -4.48. The van der Waals surface area contributed by atoms with Crippen molar-refractivity contribution in [3.05, 3.63) is 0 Å². The van der Waals surface area contributed by atoms with Crippen LogP contribution in [0.5, 0.6) is 0 Å². The number of aliphatic hydroxyl groups is 7. The zero-order valence-corrected chi connectivity index (χ0v) is 10.1. The van der Waals surface area contributed by atoms with Gasteiger partial charge in [-0.1, -0.05) is 0 Å². The molecule has 0 aromatic rings. The van der Waals surface area contributed by atoms with Gasteiger partial charge in [0.05, 0.1) is 19.8 Å². The predicted molar refractivity (Wildman–Crippen MR) is 58.8 cm³/mol. The van der Waals surface area contributed by atoms with E-state index in [9.17, 15) is 20.4 Å².